The van der Waals surface area contributed by atoms with Crippen molar-refractivity contribution in [2.24, 2.45) is 0 Å². The van der Waals surface area contributed by atoms with Crippen LogP contribution in [-0.4, -0.2) is 22.2 Å². The molecule has 3 aromatic rings. The number of carbonyl (C=O) groups is 1. The average molecular weight is 385 g/mol. The van der Waals surface area contributed by atoms with Crippen molar-refractivity contribution in [3.05, 3.63) is 76.5 Å². The minimum atomic E-state index is -0.0606. The van der Waals surface area contributed by atoms with Crippen LogP contribution in [0.25, 0.3) is 5.69 Å². The zero-order chi connectivity index (χ0) is 20.2. The molecule has 1 aromatic heterocycles. The average Bonchev–Trinajstić information content (AvgIpc) is 3.35. The van der Waals surface area contributed by atoms with Crippen molar-refractivity contribution in [1.82, 2.24) is 15.1 Å². The van der Waals surface area contributed by atoms with Crippen LogP contribution in [0.2, 0.25) is 0 Å². The van der Waals surface area contributed by atoms with Gasteiger partial charge < -0.3 is 11.1 Å². The van der Waals surface area contributed by atoms with E-state index in [0.717, 1.165) is 18.5 Å². The topological polar surface area (TPSA) is 96.7 Å². The lowest BCUT2D eigenvalue weighted by Crippen LogP contribution is -2.25. The van der Waals surface area contributed by atoms with Gasteiger partial charge in [-0.2, -0.15) is 10.4 Å². The third-order valence-electron chi connectivity index (χ3n) is 5.34. The van der Waals surface area contributed by atoms with Crippen molar-refractivity contribution in [2.45, 2.75) is 32.1 Å². The molecule has 1 amide bonds. The zero-order valence-electron chi connectivity index (χ0n) is 16.2. The fraction of sp³-hybridized carbons (Fsp3) is 0.261. The summed E-state index contributed by atoms with van der Waals surface area (Å²) in [5, 5.41) is 17.0. The first kappa shape index (κ1) is 18.8. The molecule has 0 unspecified atom stereocenters. The lowest BCUT2D eigenvalue weighted by atomic mass is 10.1. The molecule has 1 aliphatic carbocycles. The molecule has 3 N–H and O–H groups in total. The van der Waals surface area contributed by atoms with E-state index in [4.69, 9.17) is 5.73 Å². The lowest BCUT2D eigenvalue weighted by Gasteiger charge is -2.07. The Hall–Kier alpha value is -3.59. The smallest absolute Gasteiger partial charge is 0.251 e. The second kappa shape index (κ2) is 8.19. The van der Waals surface area contributed by atoms with Crippen molar-refractivity contribution < 1.29 is 4.79 Å². The Kier molecular flexibility index (Phi) is 5.30. The molecule has 0 bridgehead atoms. The van der Waals surface area contributed by atoms with Crippen LogP contribution in [0.1, 0.15) is 45.6 Å². The maximum absolute atomic E-state index is 12.4. The van der Waals surface area contributed by atoms with Gasteiger partial charge in [-0.3, -0.25) is 4.79 Å². The van der Waals surface area contributed by atoms with Crippen LogP contribution >= 0.6 is 0 Å². The number of rotatable bonds is 6. The highest BCUT2D eigenvalue weighted by Crippen LogP contribution is 2.23. The SMILES string of the molecule is N#Cc1c(CCCNC(=O)c2ccc3c(c2)CCC3)nn(-c2ccccc2)c1N. The summed E-state index contributed by atoms with van der Waals surface area (Å²) in [6, 6.07) is 17.6. The number of nitrogens with zero attached hydrogens (tertiary/aromatic N) is 3. The van der Waals surface area contributed by atoms with Gasteiger partial charge >= 0.3 is 0 Å². The Bertz CT molecular complexity index is 1080. The lowest BCUT2D eigenvalue weighted by molar-refractivity contribution is 0.0953. The molecule has 6 nitrogen and oxygen atoms in total. The molecule has 0 fully saturated rings. The highest BCUT2D eigenvalue weighted by atomic mass is 16.1. The highest BCUT2D eigenvalue weighted by molar-refractivity contribution is 5.94. The molecule has 146 valence electrons. The van der Waals surface area contributed by atoms with Crippen molar-refractivity contribution in [3.8, 4) is 11.8 Å². The summed E-state index contributed by atoms with van der Waals surface area (Å²) in [5.41, 5.74) is 11.4. The number of hydrogen-bond acceptors (Lipinski definition) is 4. The van der Waals surface area contributed by atoms with E-state index in [1.807, 2.05) is 42.5 Å². The number of carbonyl (C=O) groups excluding carboxylic acids is 1. The van der Waals surface area contributed by atoms with Crippen molar-refractivity contribution >= 4 is 11.7 Å². The molecule has 0 aliphatic heterocycles. The zero-order valence-corrected chi connectivity index (χ0v) is 16.2. The van der Waals surface area contributed by atoms with Gasteiger partial charge in [-0.15, -0.1) is 0 Å². The van der Waals surface area contributed by atoms with Gasteiger partial charge in [-0.25, -0.2) is 4.68 Å². The fourth-order valence-electron chi connectivity index (χ4n) is 3.81. The van der Waals surface area contributed by atoms with Crippen LogP contribution in [0.3, 0.4) is 0 Å². The van der Waals surface area contributed by atoms with Crippen LogP contribution < -0.4 is 11.1 Å². The monoisotopic (exact) mass is 385 g/mol. The quantitative estimate of drug-likeness (QED) is 0.637. The molecule has 1 heterocycles. The molecule has 4 rings (SSSR count). The summed E-state index contributed by atoms with van der Waals surface area (Å²) in [4.78, 5) is 12.4. The largest absolute Gasteiger partial charge is 0.382 e. The van der Waals surface area contributed by atoms with Crippen molar-refractivity contribution in [2.75, 3.05) is 12.3 Å². The Morgan fingerprint density at radius 1 is 1.17 bits per heavy atom. The van der Waals surface area contributed by atoms with Crippen LogP contribution in [-0.2, 0) is 19.3 Å². The van der Waals surface area contributed by atoms with Crippen LogP contribution in [0, 0.1) is 11.3 Å². The first-order chi connectivity index (χ1) is 14.2. The minimum Gasteiger partial charge on any atom is -0.382 e. The molecule has 0 atom stereocenters. The Balaban J connectivity index is 1.37. The summed E-state index contributed by atoms with van der Waals surface area (Å²) in [6.45, 7) is 0.513. The molecule has 0 saturated heterocycles. The number of hydrogen-bond donors (Lipinski definition) is 2. The number of para-hydroxylation sites is 1. The summed E-state index contributed by atoms with van der Waals surface area (Å²) in [6.07, 6.45) is 4.57. The van der Waals surface area contributed by atoms with Gasteiger partial charge in [0.05, 0.1) is 11.4 Å². The third-order valence-corrected chi connectivity index (χ3v) is 5.34. The molecule has 0 spiro atoms. The first-order valence-electron chi connectivity index (χ1n) is 9.90. The number of fused-ring (bicyclic) bond motifs is 1. The van der Waals surface area contributed by atoms with Gasteiger partial charge in [0.1, 0.15) is 17.5 Å². The number of nitriles is 1. The minimum absolute atomic E-state index is 0.0606. The molecular weight excluding hydrogens is 362 g/mol. The van der Waals surface area contributed by atoms with Gasteiger partial charge in [0.25, 0.3) is 5.91 Å². The van der Waals surface area contributed by atoms with Gasteiger partial charge in [-0.05, 0) is 67.5 Å². The normalized spacial score (nSPS) is 12.4. The van der Waals surface area contributed by atoms with Crippen molar-refractivity contribution in [1.29, 1.82) is 5.26 Å². The number of nitrogens with one attached hydrogen (secondary N) is 1. The second-order valence-corrected chi connectivity index (χ2v) is 7.26. The number of anilines is 1. The standard InChI is InChI=1S/C23H23N5O/c24-15-20-21(27-28(22(20)25)19-8-2-1-3-9-19)10-5-13-26-23(29)18-12-11-16-6-4-7-17(16)14-18/h1-3,8-9,11-12,14H,4-7,10,13,25H2,(H,26,29). The number of benzene rings is 2. The van der Waals surface area contributed by atoms with E-state index in [2.05, 4.69) is 22.6 Å². The molecule has 0 radical (unpaired) electrons. The van der Waals surface area contributed by atoms with E-state index < -0.39 is 0 Å². The van der Waals surface area contributed by atoms with Crippen molar-refractivity contribution in [3.63, 3.8) is 0 Å². The van der Waals surface area contributed by atoms with E-state index in [9.17, 15) is 10.1 Å². The Morgan fingerprint density at radius 2 is 1.97 bits per heavy atom. The number of nitrogen functional groups attached to an aromatic ring is 1. The third kappa shape index (κ3) is 3.85. The van der Waals surface area contributed by atoms with Gasteiger partial charge in [0.2, 0.25) is 0 Å². The summed E-state index contributed by atoms with van der Waals surface area (Å²) < 4.78 is 1.59. The van der Waals surface area contributed by atoms with E-state index >= 15 is 0 Å². The van der Waals surface area contributed by atoms with Crippen LogP contribution in [0.15, 0.2) is 48.5 Å². The van der Waals surface area contributed by atoms with E-state index in [1.54, 1.807) is 4.68 Å². The van der Waals surface area contributed by atoms with E-state index in [-0.39, 0.29) is 5.91 Å². The number of nitrogens with two attached hydrogens (primary N) is 1. The number of aromatic nitrogens is 2. The predicted octanol–water partition coefficient (Wildman–Crippen LogP) is 3.18. The van der Waals surface area contributed by atoms with E-state index in [1.165, 1.54) is 17.5 Å². The molecule has 29 heavy (non-hydrogen) atoms. The van der Waals surface area contributed by atoms with Crippen LogP contribution in [0.4, 0.5) is 5.82 Å². The Morgan fingerprint density at radius 3 is 2.76 bits per heavy atom. The molecule has 2 aromatic carbocycles. The van der Waals surface area contributed by atoms with Gasteiger partial charge in [-0.1, -0.05) is 24.3 Å². The summed E-state index contributed by atoms with van der Waals surface area (Å²) >= 11 is 0. The van der Waals surface area contributed by atoms with Gasteiger partial charge in [0, 0.05) is 12.1 Å². The van der Waals surface area contributed by atoms with E-state index in [0.29, 0.717) is 42.0 Å². The maximum atomic E-state index is 12.4. The number of amides is 1. The predicted molar refractivity (Wildman–Crippen MR) is 112 cm³/mol. The second-order valence-electron chi connectivity index (χ2n) is 7.26. The molecule has 6 heteroatoms. The first-order valence-corrected chi connectivity index (χ1v) is 9.90. The Labute approximate surface area is 170 Å². The molecular formula is C23H23N5O. The molecule has 0 saturated carbocycles. The fourth-order valence-corrected chi connectivity index (χ4v) is 3.81. The molecule has 1 aliphatic rings. The van der Waals surface area contributed by atoms with Crippen LogP contribution in [0.5, 0.6) is 0 Å². The maximum Gasteiger partial charge on any atom is 0.251 e. The highest BCUT2D eigenvalue weighted by Gasteiger charge is 2.17. The van der Waals surface area contributed by atoms with Gasteiger partial charge in [0.15, 0.2) is 0 Å². The number of aryl methyl sites for hydroxylation is 3. The summed E-state index contributed by atoms with van der Waals surface area (Å²) in [5.74, 6) is 0.283. The summed E-state index contributed by atoms with van der Waals surface area (Å²) in [7, 11) is 0.